The van der Waals surface area contributed by atoms with E-state index in [1.54, 1.807) is 0 Å². The first-order valence-corrected chi connectivity index (χ1v) is 19.5. The molecule has 2 nitrogen and oxygen atoms in total. The average Bonchev–Trinajstić information content (AvgIpc) is 3.34. The minimum Gasteiger partial charge on any atom is -0.309 e. The molecule has 6 aromatic rings. The molecule has 4 aliphatic heterocycles. The van der Waals surface area contributed by atoms with Gasteiger partial charge >= 0.3 is 0 Å². The largest absolute Gasteiger partial charge is 0.309 e. The molecule has 0 atom stereocenters. The minimum atomic E-state index is -0.189. The van der Waals surface area contributed by atoms with Crippen molar-refractivity contribution in [3.05, 3.63) is 165 Å². The van der Waals surface area contributed by atoms with Gasteiger partial charge in [0.05, 0.1) is 34.1 Å². The van der Waals surface area contributed by atoms with Crippen molar-refractivity contribution in [2.75, 3.05) is 9.80 Å². The van der Waals surface area contributed by atoms with Gasteiger partial charge in [-0.3, -0.25) is 0 Å². The molecule has 0 unspecified atom stereocenters. The fraction of sp³-hybridized carbons (Fsp3) is 0.294. The Morgan fingerprint density at radius 2 is 0.585 bits per heavy atom. The topological polar surface area (TPSA) is 6.48 Å². The van der Waals surface area contributed by atoms with Crippen molar-refractivity contribution in [3.8, 4) is 11.1 Å². The molecule has 6 aromatic carbocycles. The van der Waals surface area contributed by atoms with E-state index >= 15 is 0 Å². The van der Waals surface area contributed by atoms with Crippen molar-refractivity contribution < 1.29 is 0 Å². The van der Waals surface area contributed by atoms with Crippen molar-refractivity contribution in [2.24, 2.45) is 0 Å². The number of benzene rings is 6. The maximum absolute atomic E-state index is 2.61. The fourth-order valence-corrected chi connectivity index (χ4v) is 11.5. The van der Waals surface area contributed by atoms with Gasteiger partial charge in [0.2, 0.25) is 0 Å². The molecule has 0 spiro atoms. The molecule has 0 aromatic heterocycles. The van der Waals surface area contributed by atoms with Crippen LogP contribution in [-0.4, -0.2) is 0 Å². The molecule has 5 aliphatic rings. The molecule has 0 N–H and O–H groups in total. The van der Waals surface area contributed by atoms with Crippen LogP contribution in [0.2, 0.25) is 0 Å². The summed E-state index contributed by atoms with van der Waals surface area (Å²) in [6, 6.07) is 42.6. The molecular weight excluding hydrogens is 641 g/mol. The lowest BCUT2D eigenvalue weighted by Crippen LogP contribution is -2.38. The van der Waals surface area contributed by atoms with Crippen LogP contribution in [0.25, 0.3) is 11.1 Å². The molecule has 0 saturated carbocycles. The van der Waals surface area contributed by atoms with Gasteiger partial charge in [-0.15, -0.1) is 0 Å². The number of para-hydroxylation sites is 4. The molecule has 4 heterocycles. The van der Waals surface area contributed by atoms with Crippen LogP contribution < -0.4 is 9.80 Å². The third kappa shape index (κ3) is 3.48. The second-order valence-corrected chi connectivity index (χ2v) is 19.1. The van der Waals surface area contributed by atoms with Gasteiger partial charge < -0.3 is 9.80 Å². The Balaban J connectivity index is 1.18. The van der Waals surface area contributed by atoms with Crippen LogP contribution >= 0.6 is 0 Å². The van der Waals surface area contributed by atoms with Gasteiger partial charge in [-0.05, 0) is 103 Å². The van der Waals surface area contributed by atoms with Crippen molar-refractivity contribution >= 4 is 34.1 Å². The molecule has 11 rings (SSSR count). The monoisotopic (exact) mass is 688 g/mol. The summed E-state index contributed by atoms with van der Waals surface area (Å²) in [6.07, 6.45) is 0. The van der Waals surface area contributed by atoms with E-state index in [4.69, 9.17) is 0 Å². The van der Waals surface area contributed by atoms with Crippen molar-refractivity contribution in [3.63, 3.8) is 0 Å². The molecule has 0 amide bonds. The third-order valence-electron chi connectivity index (χ3n) is 14.6. The lowest BCUT2D eigenvalue weighted by molar-refractivity contribution is 0.595. The van der Waals surface area contributed by atoms with Gasteiger partial charge in [-0.1, -0.05) is 142 Å². The summed E-state index contributed by atoms with van der Waals surface area (Å²) in [6.45, 7) is 24.3. The maximum Gasteiger partial charge on any atom is 0.0543 e. The van der Waals surface area contributed by atoms with Crippen LogP contribution in [0.5, 0.6) is 0 Å². The highest BCUT2D eigenvalue weighted by atomic mass is 15.2. The molecule has 0 saturated heterocycles. The summed E-state index contributed by atoms with van der Waals surface area (Å²) in [5.74, 6) is 0. The number of rotatable bonds is 0. The number of nitrogens with zero attached hydrogens (tertiary/aromatic N) is 2. The Morgan fingerprint density at radius 3 is 0.962 bits per heavy atom. The second-order valence-electron chi connectivity index (χ2n) is 19.1. The SMILES string of the molecule is CC1(C)c2cc3c(cc2-c2cc4c(cc21)N1c2ccccc2C(C)(C)c2cccc(c21)C4(C)C)C(C)(C)c1cccc2c1N3c1ccccc1C2(C)C. The van der Waals surface area contributed by atoms with Gasteiger partial charge in [0.15, 0.2) is 0 Å². The van der Waals surface area contributed by atoms with Gasteiger partial charge in [0.25, 0.3) is 0 Å². The van der Waals surface area contributed by atoms with Crippen molar-refractivity contribution in [1.82, 2.24) is 0 Å². The molecule has 0 fully saturated rings. The van der Waals surface area contributed by atoms with E-state index in [2.05, 4.69) is 188 Å². The van der Waals surface area contributed by atoms with E-state index < -0.39 is 0 Å². The van der Waals surface area contributed by atoms with Gasteiger partial charge in [-0.2, -0.15) is 0 Å². The standard InChI is InChI=1S/C51H48N2/c1-47(2)31-17-11-13-23-41(31)52-43-27-37-29(25-39(43)49(5,6)35-21-15-19-33(47)45(35)52)30-26-40-44(28-38(30)51(37,9)10)53-42-24-14-12-18-32(42)48(3,4)34-20-16-22-36(46(34)53)50(40,7)8/h11-28H,1-10H3. The van der Waals surface area contributed by atoms with Crippen LogP contribution in [0.15, 0.2) is 109 Å². The fourth-order valence-electron chi connectivity index (χ4n) is 11.5. The van der Waals surface area contributed by atoms with Gasteiger partial charge in [0, 0.05) is 27.1 Å². The van der Waals surface area contributed by atoms with E-state index in [0.29, 0.717) is 0 Å². The maximum atomic E-state index is 2.61. The van der Waals surface area contributed by atoms with E-state index in [9.17, 15) is 0 Å². The summed E-state index contributed by atoms with van der Waals surface area (Å²) >= 11 is 0. The zero-order valence-corrected chi connectivity index (χ0v) is 32.8. The summed E-state index contributed by atoms with van der Waals surface area (Å²) in [5.41, 5.74) is 24.1. The Kier molecular flexibility index (Phi) is 5.54. The van der Waals surface area contributed by atoms with E-state index in [-0.39, 0.29) is 27.1 Å². The summed E-state index contributed by atoms with van der Waals surface area (Å²) in [5, 5.41) is 0. The third-order valence-corrected chi connectivity index (χ3v) is 14.6. The Bertz CT molecular complexity index is 2480. The Hall–Kier alpha value is -5.08. The Labute approximate surface area is 315 Å². The number of hydrogen-bond acceptors (Lipinski definition) is 2. The van der Waals surface area contributed by atoms with E-state index in [1.807, 2.05) is 0 Å². The summed E-state index contributed by atoms with van der Waals surface area (Å²) in [7, 11) is 0. The molecule has 1 aliphatic carbocycles. The van der Waals surface area contributed by atoms with Crippen LogP contribution in [0.3, 0.4) is 0 Å². The summed E-state index contributed by atoms with van der Waals surface area (Å²) in [4.78, 5) is 5.23. The quantitative estimate of drug-likeness (QED) is 0.157. The first-order valence-electron chi connectivity index (χ1n) is 19.5. The van der Waals surface area contributed by atoms with E-state index in [0.717, 1.165) is 0 Å². The second kappa shape index (κ2) is 9.34. The Morgan fingerprint density at radius 1 is 0.283 bits per heavy atom. The van der Waals surface area contributed by atoms with E-state index in [1.165, 1.54) is 101 Å². The van der Waals surface area contributed by atoms with Gasteiger partial charge in [0.1, 0.15) is 0 Å². The molecular formula is C51H48N2. The molecule has 262 valence electrons. The van der Waals surface area contributed by atoms with Gasteiger partial charge in [-0.25, -0.2) is 0 Å². The van der Waals surface area contributed by atoms with Crippen LogP contribution in [0.1, 0.15) is 125 Å². The summed E-state index contributed by atoms with van der Waals surface area (Å²) < 4.78 is 0. The zero-order chi connectivity index (χ0) is 36.8. The molecule has 2 heteroatoms. The lowest BCUT2D eigenvalue weighted by atomic mass is 9.66. The highest BCUT2D eigenvalue weighted by Gasteiger charge is 2.50. The van der Waals surface area contributed by atoms with Crippen LogP contribution in [0, 0.1) is 0 Å². The normalized spacial score (nSPS) is 19.8. The van der Waals surface area contributed by atoms with Crippen molar-refractivity contribution in [2.45, 2.75) is 96.3 Å². The van der Waals surface area contributed by atoms with Crippen molar-refractivity contribution in [1.29, 1.82) is 0 Å². The van der Waals surface area contributed by atoms with Crippen LogP contribution in [0.4, 0.5) is 34.1 Å². The number of hydrogen-bond donors (Lipinski definition) is 0. The zero-order valence-electron chi connectivity index (χ0n) is 32.8. The number of anilines is 6. The molecule has 53 heavy (non-hydrogen) atoms. The van der Waals surface area contributed by atoms with Crippen LogP contribution in [-0.2, 0) is 27.1 Å². The average molecular weight is 689 g/mol. The smallest absolute Gasteiger partial charge is 0.0543 e. The highest BCUT2D eigenvalue weighted by molar-refractivity contribution is 5.98. The first kappa shape index (κ1) is 31.4. The molecule has 0 radical (unpaired) electrons. The number of fused-ring (bicyclic) bond motifs is 11. The highest BCUT2D eigenvalue weighted by Crippen LogP contribution is 2.65. The lowest BCUT2D eigenvalue weighted by Gasteiger charge is -2.49. The molecule has 0 bridgehead atoms. The predicted molar refractivity (Wildman–Crippen MR) is 222 cm³/mol. The first-order chi connectivity index (χ1) is 25.1. The predicted octanol–water partition coefficient (Wildman–Crippen LogP) is 13.5. The minimum absolute atomic E-state index is 0.0934.